The third-order valence-electron chi connectivity index (χ3n) is 3.60. The second-order valence-electron chi connectivity index (χ2n) is 7.51. The van der Waals surface area contributed by atoms with Crippen LogP contribution in [-0.4, -0.2) is 50.7 Å². The Balaban J connectivity index is 2.27. The van der Waals surface area contributed by atoms with Crippen molar-refractivity contribution >= 4 is 12.4 Å². The van der Waals surface area contributed by atoms with Crippen molar-refractivity contribution in [1.82, 2.24) is 10.6 Å². The zero-order valence-electron chi connectivity index (χ0n) is 18.2. The predicted octanol–water partition coefficient (Wildman–Crippen LogP) is 4.19. The number of rotatable bonds is 11. The fourth-order valence-electron chi connectivity index (χ4n) is 2.29. The molecule has 0 aliphatic rings. The molecule has 1 atom stereocenters. The van der Waals surface area contributed by atoms with Gasteiger partial charge in [-0.05, 0) is 51.0 Å². The van der Waals surface area contributed by atoms with Crippen molar-refractivity contribution in [3.8, 4) is 5.75 Å². The van der Waals surface area contributed by atoms with Gasteiger partial charge in [0.1, 0.15) is 11.4 Å². The first kappa shape index (κ1) is 26.3. The van der Waals surface area contributed by atoms with Crippen LogP contribution in [0.4, 0.5) is 18.0 Å². The molecule has 0 unspecified atom stereocenters. The van der Waals surface area contributed by atoms with Crippen LogP contribution in [-0.2, 0) is 15.9 Å². The lowest BCUT2D eigenvalue weighted by Crippen LogP contribution is -2.33. The maximum atomic E-state index is 12.2. The number of carbonyl (C=O) groups is 1. The molecule has 0 spiro atoms. The second-order valence-corrected chi connectivity index (χ2v) is 7.51. The molecule has 0 bridgehead atoms. The number of alkyl halides is 3. The molecule has 0 heterocycles. The fraction of sp³-hybridized carbons (Fsp3) is 0.524. The summed E-state index contributed by atoms with van der Waals surface area (Å²) < 4.78 is 50.9. The lowest BCUT2D eigenvalue weighted by molar-refractivity contribution is -0.274. The van der Waals surface area contributed by atoms with E-state index in [0.29, 0.717) is 25.9 Å². The number of hydrogen-bond donors (Lipinski definition) is 2. The Bertz CT molecular complexity index is 714. The van der Waals surface area contributed by atoms with Gasteiger partial charge in [0.15, 0.2) is 0 Å². The average Bonchev–Trinajstić information content (AvgIpc) is 2.64. The summed E-state index contributed by atoms with van der Waals surface area (Å²) in [4.78, 5) is 15.6. The van der Waals surface area contributed by atoms with Crippen molar-refractivity contribution < 1.29 is 32.2 Å². The van der Waals surface area contributed by atoms with E-state index < -0.39 is 18.1 Å². The van der Waals surface area contributed by atoms with Gasteiger partial charge in [-0.25, -0.2) is 4.79 Å². The summed E-state index contributed by atoms with van der Waals surface area (Å²) in [5.74, 6) is -0.264. The molecule has 0 aromatic heterocycles. The van der Waals surface area contributed by atoms with E-state index in [4.69, 9.17) is 9.47 Å². The monoisotopic (exact) mass is 445 g/mol. The number of benzene rings is 1. The van der Waals surface area contributed by atoms with Crippen LogP contribution in [0.5, 0.6) is 5.75 Å². The van der Waals surface area contributed by atoms with Crippen molar-refractivity contribution in [2.45, 2.75) is 51.7 Å². The smallest absolute Gasteiger partial charge is 0.444 e. The molecule has 1 rings (SSSR count). The minimum Gasteiger partial charge on any atom is -0.444 e. The molecule has 174 valence electrons. The molecular weight excluding hydrogens is 415 g/mol. The number of nitrogens with one attached hydrogen (secondary N) is 2. The van der Waals surface area contributed by atoms with E-state index in [1.807, 2.05) is 0 Å². The van der Waals surface area contributed by atoms with Gasteiger partial charge in [0.2, 0.25) is 0 Å². The van der Waals surface area contributed by atoms with Gasteiger partial charge in [0, 0.05) is 32.8 Å². The number of aliphatic imine (C=N–C) groups is 1. The molecule has 0 aliphatic carbocycles. The summed E-state index contributed by atoms with van der Waals surface area (Å²) in [6.45, 7) is 6.38. The molecule has 10 heteroatoms. The minimum atomic E-state index is -4.71. The Hall–Kier alpha value is -2.75. The van der Waals surface area contributed by atoms with Gasteiger partial charge in [-0.1, -0.05) is 12.1 Å². The van der Waals surface area contributed by atoms with Gasteiger partial charge < -0.3 is 24.8 Å². The standard InChI is InChI=1S/C21H30F3N3O4/c1-20(2,3)31-19(28)27-12-5-11-25-15-26-13-10-18(29-4)14-16-6-8-17(9-7-16)30-21(22,23)24/h6-10,13,15,18H,5,11-12,14H2,1-4H3,(H,25,26)(H,27,28)/b13-10-/t18-/m0/s1. The van der Waals surface area contributed by atoms with E-state index in [2.05, 4.69) is 20.4 Å². The van der Waals surface area contributed by atoms with Crippen LogP contribution in [0.25, 0.3) is 0 Å². The van der Waals surface area contributed by atoms with Crippen molar-refractivity contribution in [3.63, 3.8) is 0 Å². The van der Waals surface area contributed by atoms with Gasteiger partial charge in [0.05, 0.1) is 12.4 Å². The summed E-state index contributed by atoms with van der Waals surface area (Å²) in [6, 6.07) is 5.64. The van der Waals surface area contributed by atoms with E-state index in [1.165, 1.54) is 18.5 Å². The summed E-state index contributed by atoms with van der Waals surface area (Å²) in [5, 5.41) is 5.54. The molecule has 1 amide bonds. The minimum absolute atomic E-state index is 0.264. The van der Waals surface area contributed by atoms with Crippen LogP contribution < -0.4 is 15.4 Å². The Morgan fingerprint density at radius 1 is 1.19 bits per heavy atom. The Morgan fingerprint density at radius 3 is 2.45 bits per heavy atom. The molecule has 0 aliphatic heterocycles. The quantitative estimate of drug-likeness (QED) is 0.303. The van der Waals surface area contributed by atoms with Crippen molar-refractivity contribution in [3.05, 3.63) is 42.1 Å². The molecule has 1 aromatic rings. The van der Waals surface area contributed by atoms with E-state index in [-0.39, 0.29) is 11.9 Å². The van der Waals surface area contributed by atoms with Crippen LogP contribution in [0.2, 0.25) is 0 Å². The number of halogens is 3. The highest BCUT2D eigenvalue weighted by atomic mass is 19.4. The number of carbonyl (C=O) groups excluding carboxylic acids is 1. The lowest BCUT2D eigenvalue weighted by atomic mass is 10.1. The number of amides is 1. The predicted molar refractivity (Wildman–Crippen MR) is 112 cm³/mol. The average molecular weight is 445 g/mol. The molecule has 7 nitrogen and oxygen atoms in total. The van der Waals surface area contributed by atoms with Crippen LogP contribution in [0.1, 0.15) is 32.8 Å². The summed E-state index contributed by atoms with van der Waals surface area (Å²) >= 11 is 0. The molecule has 0 fully saturated rings. The normalized spacial score (nSPS) is 13.4. The number of nitrogens with zero attached hydrogens (tertiary/aromatic N) is 1. The summed E-state index contributed by atoms with van der Waals surface area (Å²) in [6.07, 6.45) is 0.679. The highest BCUT2D eigenvalue weighted by molar-refractivity contribution is 5.67. The number of methoxy groups -OCH3 is 1. The van der Waals surface area contributed by atoms with Gasteiger partial charge >= 0.3 is 12.5 Å². The van der Waals surface area contributed by atoms with Crippen LogP contribution in [0.3, 0.4) is 0 Å². The lowest BCUT2D eigenvalue weighted by Gasteiger charge is -2.19. The third kappa shape index (κ3) is 14.0. The summed E-state index contributed by atoms with van der Waals surface area (Å²) in [5.41, 5.74) is 0.279. The van der Waals surface area contributed by atoms with Gasteiger partial charge in [-0.3, -0.25) is 4.99 Å². The molecular formula is C21H30F3N3O4. The van der Waals surface area contributed by atoms with Crippen molar-refractivity contribution in [2.75, 3.05) is 20.2 Å². The van der Waals surface area contributed by atoms with Gasteiger partial charge in [-0.15, -0.1) is 13.2 Å². The molecule has 0 saturated carbocycles. The molecule has 0 radical (unpaired) electrons. The van der Waals surface area contributed by atoms with E-state index in [0.717, 1.165) is 5.56 Å². The van der Waals surface area contributed by atoms with E-state index in [9.17, 15) is 18.0 Å². The van der Waals surface area contributed by atoms with Crippen LogP contribution >= 0.6 is 0 Å². The number of ether oxygens (including phenoxy) is 3. The first-order valence-electron chi connectivity index (χ1n) is 9.74. The zero-order chi connectivity index (χ0) is 23.3. The van der Waals surface area contributed by atoms with Crippen molar-refractivity contribution in [1.29, 1.82) is 0 Å². The number of hydrogen-bond acceptors (Lipinski definition) is 5. The van der Waals surface area contributed by atoms with E-state index >= 15 is 0 Å². The molecule has 2 N–H and O–H groups in total. The zero-order valence-corrected chi connectivity index (χ0v) is 18.2. The second kappa shape index (κ2) is 12.8. The SMILES string of the molecule is CO[C@@H](/C=C\NC=NCCCNC(=O)OC(C)(C)C)Cc1ccc(OC(F)(F)F)cc1. The highest BCUT2D eigenvalue weighted by Crippen LogP contribution is 2.23. The van der Waals surface area contributed by atoms with Crippen LogP contribution in [0, 0.1) is 0 Å². The third-order valence-corrected chi connectivity index (χ3v) is 3.60. The summed E-state index contributed by atoms with van der Waals surface area (Å²) in [7, 11) is 1.54. The van der Waals surface area contributed by atoms with E-state index in [1.54, 1.807) is 52.3 Å². The largest absolute Gasteiger partial charge is 0.573 e. The molecule has 0 saturated heterocycles. The first-order valence-corrected chi connectivity index (χ1v) is 9.74. The Morgan fingerprint density at radius 2 is 1.87 bits per heavy atom. The topological polar surface area (TPSA) is 81.2 Å². The Labute approximate surface area is 180 Å². The molecule has 1 aromatic carbocycles. The first-order chi connectivity index (χ1) is 14.5. The number of alkyl carbamates (subject to hydrolysis) is 1. The fourth-order valence-corrected chi connectivity index (χ4v) is 2.29. The van der Waals surface area contributed by atoms with Gasteiger partial charge in [0.25, 0.3) is 0 Å². The van der Waals surface area contributed by atoms with Gasteiger partial charge in [-0.2, -0.15) is 0 Å². The maximum Gasteiger partial charge on any atom is 0.573 e. The Kier molecular flexibility index (Phi) is 10.9. The molecule has 31 heavy (non-hydrogen) atoms. The maximum absolute atomic E-state index is 12.2. The van der Waals surface area contributed by atoms with Crippen LogP contribution in [0.15, 0.2) is 41.5 Å². The highest BCUT2D eigenvalue weighted by Gasteiger charge is 2.30. The van der Waals surface area contributed by atoms with Crippen molar-refractivity contribution in [2.24, 2.45) is 4.99 Å².